The Balaban J connectivity index is 1.97. The lowest BCUT2D eigenvalue weighted by Gasteiger charge is -2.12. The predicted octanol–water partition coefficient (Wildman–Crippen LogP) is 3.57. The van der Waals surface area contributed by atoms with Crippen LogP contribution in [0.3, 0.4) is 0 Å². The summed E-state index contributed by atoms with van der Waals surface area (Å²) in [6.07, 6.45) is 3.23. The molecule has 0 spiro atoms. The summed E-state index contributed by atoms with van der Waals surface area (Å²) in [4.78, 5) is 23.3. The zero-order chi connectivity index (χ0) is 18.5. The van der Waals surface area contributed by atoms with Gasteiger partial charge in [-0.25, -0.2) is 9.37 Å². The fourth-order valence-corrected chi connectivity index (χ4v) is 2.36. The summed E-state index contributed by atoms with van der Waals surface area (Å²) in [5.74, 6) is -1.00. The molecule has 0 unspecified atom stereocenters. The number of aliphatic carboxylic acids is 1. The van der Waals surface area contributed by atoms with Crippen LogP contribution in [0.2, 0.25) is 5.02 Å². The third-order valence-corrected chi connectivity index (χ3v) is 3.61. The van der Waals surface area contributed by atoms with Crippen molar-refractivity contribution in [3.05, 3.63) is 59.6 Å². The summed E-state index contributed by atoms with van der Waals surface area (Å²) in [5, 5.41) is 14.6. The summed E-state index contributed by atoms with van der Waals surface area (Å²) >= 11 is 6.03. The maximum absolute atomic E-state index is 13.2. The number of benzene rings is 1. The molecule has 0 aliphatic carbocycles. The van der Waals surface area contributed by atoms with E-state index in [1.807, 2.05) is 0 Å². The number of carboxylic acid groups (broad SMARTS) is 1. The number of carbonyl (C=O) groups is 1. The number of hydrogen-bond donors (Lipinski definition) is 3. The van der Waals surface area contributed by atoms with Crippen molar-refractivity contribution in [1.29, 1.82) is 0 Å². The normalized spacial score (nSPS) is 10.4. The first-order valence-electron chi connectivity index (χ1n) is 7.48. The second-order valence-corrected chi connectivity index (χ2v) is 5.60. The van der Waals surface area contributed by atoms with E-state index in [0.717, 1.165) is 5.56 Å². The van der Waals surface area contributed by atoms with E-state index in [0.29, 0.717) is 17.2 Å². The minimum Gasteiger partial charge on any atom is -0.480 e. The van der Waals surface area contributed by atoms with Crippen molar-refractivity contribution >= 4 is 35.0 Å². The van der Waals surface area contributed by atoms with Gasteiger partial charge in [-0.05, 0) is 30.3 Å². The molecule has 0 bridgehead atoms. The van der Waals surface area contributed by atoms with Crippen LogP contribution in [0.15, 0.2) is 48.8 Å². The second kappa shape index (κ2) is 7.75. The number of pyridine rings is 1. The third kappa shape index (κ3) is 4.42. The average molecular weight is 374 g/mol. The SMILES string of the molecule is O=C(O)CNc1nc(Nc2ccc(F)cc2Cl)cc(-c2ccncc2)n1. The van der Waals surface area contributed by atoms with Gasteiger partial charge < -0.3 is 15.7 Å². The molecule has 2 heterocycles. The first-order valence-corrected chi connectivity index (χ1v) is 7.86. The van der Waals surface area contributed by atoms with Crippen molar-refractivity contribution in [1.82, 2.24) is 15.0 Å². The van der Waals surface area contributed by atoms with E-state index in [1.165, 1.54) is 18.2 Å². The molecule has 2 aromatic heterocycles. The van der Waals surface area contributed by atoms with Crippen LogP contribution in [0.4, 0.5) is 21.8 Å². The van der Waals surface area contributed by atoms with E-state index in [1.54, 1.807) is 30.6 Å². The van der Waals surface area contributed by atoms with Crippen molar-refractivity contribution in [2.24, 2.45) is 0 Å². The lowest BCUT2D eigenvalue weighted by Crippen LogP contribution is -2.15. The molecule has 0 atom stereocenters. The maximum Gasteiger partial charge on any atom is 0.322 e. The summed E-state index contributed by atoms with van der Waals surface area (Å²) in [6, 6.07) is 9.12. The van der Waals surface area contributed by atoms with Gasteiger partial charge in [0.15, 0.2) is 0 Å². The van der Waals surface area contributed by atoms with E-state index in [2.05, 4.69) is 25.6 Å². The molecule has 26 heavy (non-hydrogen) atoms. The standard InChI is InChI=1S/C17H13ClFN5O2/c18-12-7-11(19)1-2-13(12)22-15-8-14(10-3-5-20-6-4-10)23-17(24-15)21-9-16(25)26/h1-8H,9H2,(H,25,26)(H2,21,22,23,24). The van der Waals surface area contributed by atoms with Gasteiger partial charge >= 0.3 is 5.97 Å². The first-order chi connectivity index (χ1) is 12.5. The summed E-state index contributed by atoms with van der Waals surface area (Å²) < 4.78 is 13.2. The Hall–Kier alpha value is -3.26. The van der Waals surface area contributed by atoms with Crippen LogP contribution in [0.1, 0.15) is 0 Å². The molecule has 3 N–H and O–H groups in total. The fraction of sp³-hybridized carbons (Fsp3) is 0.0588. The van der Waals surface area contributed by atoms with Gasteiger partial charge in [-0.15, -0.1) is 0 Å². The molecule has 1 aromatic carbocycles. The van der Waals surface area contributed by atoms with Gasteiger partial charge in [0.05, 0.1) is 16.4 Å². The molecule has 132 valence electrons. The van der Waals surface area contributed by atoms with Gasteiger partial charge in [0.2, 0.25) is 5.95 Å². The number of halogens is 2. The maximum atomic E-state index is 13.2. The Labute approximate surface area is 152 Å². The molecule has 0 aliphatic rings. The highest BCUT2D eigenvalue weighted by atomic mass is 35.5. The molecular weight excluding hydrogens is 361 g/mol. The van der Waals surface area contributed by atoms with Crippen molar-refractivity contribution in [3.8, 4) is 11.3 Å². The first kappa shape index (κ1) is 17.6. The van der Waals surface area contributed by atoms with E-state index < -0.39 is 11.8 Å². The predicted molar refractivity (Wildman–Crippen MR) is 96.1 cm³/mol. The van der Waals surface area contributed by atoms with Crippen LogP contribution >= 0.6 is 11.6 Å². The highest BCUT2D eigenvalue weighted by Crippen LogP contribution is 2.28. The van der Waals surface area contributed by atoms with Crippen molar-refractivity contribution in [2.75, 3.05) is 17.2 Å². The number of nitrogens with one attached hydrogen (secondary N) is 2. The molecule has 0 radical (unpaired) electrons. The highest BCUT2D eigenvalue weighted by Gasteiger charge is 2.10. The van der Waals surface area contributed by atoms with E-state index in [9.17, 15) is 9.18 Å². The van der Waals surface area contributed by atoms with Crippen LogP contribution in [0.25, 0.3) is 11.3 Å². The number of nitrogens with zero attached hydrogens (tertiary/aromatic N) is 3. The van der Waals surface area contributed by atoms with Crippen molar-refractivity contribution in [2.45, 2.75) is 0 Å². The molecule has 0 amide bonds. The Morgan fingerprint density at radius 2 is 1.92 bits per heavy atom. The van der Waals surface area contributed by atoms with Crippen molar-refractivity contribution < 1.29 is 14.3 Å². The number of hydrogen-bond acceptors (Lipinski definition) is 6. The van der Waals surface area contributed by atoms with Crippen LogP contribution < -0.4 is 10.6 Å². The zero-order valence-electron chi connectivity index (χ0n) is 13.3. The van der Waals surface area contributed by atoms with E-state index in [4.69, 9.17) is 16.7 Å². The molecule has 0 aliphatic heterocycles. The topological polar surface area (TPSA) is 100 Å². The summed E-state index contributed by atoms with van der Waals surface area (Å²) in [5.41, 5.74) is 1.78. The fourth-order valence-electron chi connectivity index (χ4n) is 2.14. The Bertz CT molecular complexity index is 940. The minimum absolute atomic E-state index is 0.127. The quantitative estimate of drug-likeness (QED) is 0.607. The Morgan fingerprint density at radius 1 is 1.15 bits per heavy atom. The average Bonchev–Trinajstić information content (AvgIpc) is 2.63. The smallest absolute Gasteiger partial charge is 0.322 e. The van der Waals surface area contributed by atoms with E-state index >= 15 is 0 Å². The molecule has 3 aromatic rings. The van der Waals surface area contributed by atoms with Gasteiger partial charge in [0, 0.05) is 24.0 Å². The third-order valence-electron chi connectivity index (χ3n) is 3.29. The largest absolute Gasteiger partial charge is 0.480 e. The minimum atomic E-state index is -1.04. The number of carboxylic acids is 1. The monoisotopic (exact) mass is 373 g/mol. The van der Waals surface area contributed by atoms with Gasteiger partial charge in [-0.3, -0.25) is 9.78 Å². The molecule has 7 nitrogen and oxygen atoms in total. The molecule has 9 heteroatoms. The molecule has 0 saturated carbocycles. The number of anilines is 3. The number of aromatic nitrogens is 3. The van der Waals surface area contributed by atoms with Crippen LogP contribution in [0.5, 0.6) is 0 Å². The van der Waals surface area contributed by atoms with Crippen LogP contribution in [-0.2, 0) is 4.79 Å². The van der Waals surface area contributed by atoms with E-state index in [-0.39, 0.29) is 17.5 Å². The highest BCUT2D eigenvalue weighted by molar-refractivity contribution is 6.33. The van der Waals surface area contributed by atoms with Gasteiger partial charge in [0.1, 0.15) is 18.2 Å². The van der Waals surface area contributed by atoms with Crippen LogP contribution in [-0.4, -0.2) is 32.6 Å². The van der Waals surface area contributed by atoms with Gasteiger partial charge in [-0.1, -0.05) is 11.6 Å². The lowest BCUT2D eigenvalue weighted by atomic mass is 10.2. The molecule has 0 saturated heterocycles. The van der Waals surface area contributed by atoms with Crippen molar-refractivity contribution in [3.63, 3.8) is 0 Å². The zero-order valence-corrected chi connectivity index (χ0v) is 14.0. The molecule has 3 rings (SSSR count). The Kier molecular flexibility index (Phi) is 5.23. The lowest BCUT2D eigenvalue weighted by molar-refractivity contribution is -0.134. The van der Waals surface area contributed by atoms with Gasteiger partial charge in [0.25, 0.3) is 0 Å². The molecule has 0 fully saturated rings. The van der Waals surface area contributed by atoms with Gasteiger partial charge in [-0.2, -0.15) is 4.98 Å². The molecular formula is C17H13ClFN5O2. The second-order valence-electron chi connectivity index (χ2n) is 5.19. The number of rotatable bonds is 6. The summed E-state index contributed by atoms with van der Waals surface area (Å²) in [6.45, 7) is -0.337. The Morgan fingerprint density at radius 3 is 2.62 bits per heavy atom. The summed E-state index contributed by atoms with van der Waals surface area (Å²) in [7, 11) is 0. The van der Waals surface area contributed by atoms with Crippen LogP contribution in [0, 0.1) is 5.82 Å².